The summed E-state index contributed by atoms with van der Waals surface area (Å²) >= 11 is 1.33. The molecule has 1 amide bonds. The second kappa shape index (κ2) is 10.8. The molecule has 1 aliphatic rings. The fourth-order valence-corrected chi connectivity index (χ4v) is 4.62. The summed E-state index contributed by atoms with van der Waals surface area (Å²) in [7, 11) is 0. The smallest absolute Gasteiger partial charge is 0.338 e. The Balaban J connectivity index is 1.67. The molecule has 1 aromatic heterocycles. The summed E-state index contributed by atoms with van der Waals surface area (Å²) in [6.45, 7) is 3.03. The highest BCUT2D eigenvalue weighted by atomic mass is 32.1. The molecule has 188 valence electrons. The maximum absolute atomic E-state index is 14.3. The molecule has 5 N–H and O–H groups in total. The number of hydrogen-bond donors (Lipinski definition) is 4. The number of carboxylic acid groups (broad SMARTS) is 1. The van der Waals surface area contributed by atoms with Crippen molar-refractivity contribution in [3.8, 4) is 17.2 Å². The number of rotatable bonds is 10. The number of halogens is 1. The molecule has 12 heteroatoms. The number of hydrogen-bond acceptors (Lipinski definition) is 8. The second-order valence-electron chi connectivity index (χ2n) is 8.33. The third-order valence-corrected chi connectivity index (χ3v) is 6.43. The zero-order chi connectivity index (χ0) is 25.7. The van der Waals surface area contributed by atoms with Gasteiger partial charge < -0.3 is 25.2 Å². The van der Waals surface area contributed by atoms with E-state index < -0.39 is 22.9 Å². The number of anilines is 1. The molecule has 3 aromatic rings. The highest BCUT2D eigenvalue weighted by Gasteiger charge is 2.35. The Labute approximate surface area is 210 Å². The third kappa shape index (κ3) is 5.66. The van der Waals surface area contributed by atoms with Gasteiger partial charge in [0.05, 0.1) is 5.56 Å². The van der Waals surface area contributed by atoms with Crippen molar-refractivity contribution in [2.75, 3.05) is 25.0 Å². The van der Waals surface area contributed by atoms with Crippen molar-refractivity contribution in [2.24, 2.45) is 5.11 Å². The number of aromatic carboxylic acids is 1. The molecule has 4 rings (SSSR count). The average molecular weight is 515 g/mol. The minimum absolute atomic E-state index is 0.0952. The Kier molecular flexibility index (Phi) is 7.55. The number of carbonyl (C=O) groups is 2. The lowest BCUT2D eigenvalue weighted by Crippen LogP contribution is -2.47. The van der Waals surface area contributed by atoms with Gasteiger partial charge in [0.25, 0.3) is 0 Å². The van der Waals surface area contributed by atoms with Gasteiger partial charge in [-0.25, -0.2) is 14.2 Å². The van der Waals surface area contributed by atoms with Gasteiger partial charge in [0, 0.05) is 36.1 Å². The first-order valence-corrected chi connectivity index (χ1v) is 12.0. The molecule has 0 spiro atoms. The summed E-state index contributed by atoms with van der Waals surface area (Å²) < 4.78 is 26.1. The second-order valence-corrected chi connectivity index (χ2v) is 9.23. The van der Waals surface area contributed by atoms with Crippen LogP contribution in [0.5, 0.6) is 17.2 Å². The number of carbonyl (C=O) groups excluding carboxylic acids is 1. The molecular weight excluding hydrogens is 489 g/mol. The van der Waals surface area contributed by atoms with E-state index in [0.717, 1.165) is 23.3 Å². The number of fused-ring (bicyclic) bond motifs is 1. The Hall–Kier alpha value is -3.90. The first-order valence-electron chi connectivity index (χ1n) is 11.1. The van der Waals surface area contributed by atoms with Gasteiger partial charge in [-0.1, -0.05) is 0 Å². The van der Waals surface area contributed by atoms with Crippen molar-refractivity contribution in [1.29, 1.82) is 0 Å². The van der Waals surface area contributed by atoms with Crippen LogP contribution in [0.3, 0.4) is 0 Å². The van der Waals surface area contributed by atoms with Gasteiger partial charge in [0.15, 0.2) is 16.6 Å². The Morgan fingerprint density at radius 3 is 2.86 bits per heavy atom. The standard InChI is InChI=1S/C24H24FN5O5S/c1-24(13-21(31)30-23-27-7-9-36-23)17-12-20(35-15-2-3-16(22(32)33)18(25)11-15)19(34-8-6-29-26)10-14(17)4-5-28-24/h2-3,7,9-12,26,28H,4-6,8,13H2,1H3,(H,32,33)(H,27,30,31)/p+1/t24-/m1/s1. The normalized spacial score (nSPS) is 16.6. The zero-order valence-electron chi connectivity index (χ0n) is 19.4. The van der Waals surface area contributed by atoms with Gasteiger partial charge in [-0.3, -0.25) is 4.79 Å². The van der Waals surface area contributed by atoms with Crippen molar-refractivity contribution in [2.45, 2.75) is 25.3 Å². The van der Waals surface area contributed by atoms with Crippen LogP contribution in [0, 0.1) is 5.82 Å². The lowest BCUT2D eigenvalue weighted by Gasteiger charge is -2.37. The van der Waals surface area contributed by atoms with Crippen molar-refractivity contribution in [3.05, 3.63) is 64.4 Å². The third-order valence-electron chi connectivity index (χ3n) is 5.74. The number of ether oxygens (including phenoxy) is 2. The van der Waals surface area contributed by atoms with Crippen LogP contribution in [-0.4, -0.2) is 41.7 Å². The fourth-order valence-electron chi connectivity index (χ4n) is 4.08. The van der Waals surface area contributed by atoms with E-state index in [1.54, 1.807) is 17.6 Å². The van der Waals surface area contributed by atoms with Crippen molar-refractivity contribution >= 4 is 28.3 Å². The number of aromatic nitrogens is 1. The molecule has 2 heterocycles. The SMILES string of the molecule is C[C@]1(CC(=O)Nc2nccs2)NCCc2cc(OCCN=[NH2+])c(Oc3ccc(C(=O)O)c(F)c3)cc21. The minimum atomic E-state index is -1.37. The summed E-state index contributed by atoms with van der Waals surface area (Å²) in [4.78, 5) is 28.0. The number of nitrogens with zero attached hydrogens (tertiary/aromatic N) is 2. The van der Waals surface area contributed by atoms with Gasteiger partial charge >= 0.3 is 5.97 Å². The van der Waals surface area contributed by atoms with E-state index in [1.807, 2.05) is 13.0 Å². The molecule has 36 heavy (non-hydrogen) atoms. The summed E-state index contributed by atoms with van der Waals surface area (Å²) in [6, 6.07) is 7.09. The lowest BCUT2D eigenvalue weighted by molar-refractivity contribution is -0.222. The first-order chi connectivity index (χ1) is 17.3. The van der Waals surface area contributed by atoms with Crippen LogP contribution in [0.2, 0.25) is 0 Å². The largest absolute Gasteiger partial charge is 0.487 e. The van der Waals surface area contributed by atoms with Crippen LogP contribution in [0.15, 0.2) is 47.0 Å². The van der Waals surface area contributed by atoms with Gasteiger partial charge in [0.1, 0.15) is 24.7 Å². The minimum Gasteiger partial charge on any atom is -0.487 e. The Morgan fingerprint density at radius 1 is 1.33 bits per heavy atom. The van der Waals surface area contributed by atoms with E-state index in [9.17, 15) is 14.0 Å². The molecule has 0 bridgehead atoms. The number of nitrogens with two attached hydrogens (primary N) is 1. The van der Waals surface area contributed by atoms with Crippen LogP contribution < -0.4 is 25.6 Å². The first kappa shape index (κ1) is 25.2. The van der Waals surface area contributed by atoms with Crippen LogP contribution in [0.4, 0.5) is 9.52 Å². The summed E-state index contributed by atoms with van der Waals surface area (Å²) in [5.41, 5.74) is 5.84. The van der Waals surface area contributed by atoms with Crippen LogP contribution in [-0.2, 0) is 16.8 Å². The van der Waals surface area contributed by atoms with E-state index >= 15 is 0 Å². The zero-order valence-corrected chi connectivity index (χ0v) is 20.2. The number of nitrogens with one attached hydrogen (secondary N) is 2. The topological polar surface area (TPSA) is 148 Å². The fraction of sp³-hybridized carbons (Fsp3) is 0.292. The van der Waals surface area contributed by atoms with E-state index in [0.29, 0.717) is 23.8 Å². The molecule has 0 saturated carbocycles. The summed E-state index contributed by atoms with van der Waals surface area (Å²) in [5, 5.41) is 21.2. The average Bonchev–Trinajstić information content (AvgIpc) is 3.32. The Morgan fingerprint density at radius 2 is 2.17 bits per heavy atom. The van der Waals surface area contributed by atoms with E-state index in [2.05, 4.69) is 20.7 Å². The van der Waals surface area contributed by atoms with Crippen molar-refractivity contribution < 1.29 is 34.1 Å². The maximum atomic E-state index is 14.3. The predicted octanol–water partition coefficient (Wildman–Crippen LogP) is 2.75. The monoisotopic (exact) mass is 514 g/mol. The van der Waals surface area contributed by atoms with Gasteiger partial charge in [-0.2, -0.15) is 5.53 Å². The highest BCUT2D eigenvalue weighted by Crippen LogP contribution is 2.41. The molecule has 0 radical (unpaired) electrons. The quantitative estimate of drug-likeness (QED) is 0.240. The van der Waals surface area contributed by atoms with E-state index in [4.69, 9.17) is 20.1 Å². The molecule has 0 unspecified atom stereocenters. The lowest BCUT2D eigenvalue weighted by atomic mass is 9.81. The highest BCUT2D eigenvalue weighted by molar-refractivity contribution is 7.13. The Bertz CT molecular complexity index is 1290. The molecule has 0 saturated heterocycles. The molecule has 1 atom stereocenters. The number of thiazole rings is 1. The summed E-state index contributed by atoms with van der Waals surface area (Å²) in [6.07, 6.45) is 2.44. The molecule has 0 aliphatic carbocycles. The van der Waals surface area contributed by atoms with Gasteiger partial charge in [0.2, 0.25) is 5.91 Å². The van der Waals surface area contributed by atoms with Crippen LogP contribution in [0.25, 0.3) is 0 Å². The maximum Gasteiger partial charge on any atom is 0.338 e. The number of carboxylic acids is 1. The molecule has 0 fully saturated rings. The van der Waals surface area contributed by atoms with Gasteiger partial charge in [-0.15, -0.1) is 11.3 Å². The van der Waals surface area contributed by atoms with Crippen LogP contribution >= 0.6 is 11.3 Å². The van der Waals surface area contributed by atoms with E-state index in [-0.39, 0.29) is 37.0 Å². The molecule has 10 nitrogen and oxygen atoms in total. The molecule has 1 aliphatic heterocycles. The number of benzene rings is 2. The summed E-state index contributed by atoms with van der Waals surface area (Å²) in [5.74, 6) is -1.72. The molecular formula is C24H25FN5O5S+. The predicted molar refractivity (Wildman–Crippen MR) is 129 cm³/mol. The van der Waals surface area contributed by atoms with Crippen molar-refractivity contribution in [3.63, 3.8) is 0 Å². The molecule has 2 aromatic carbocycles. The van der Waals surface area contributed by atoms with Crippen LogP contribution in [0.1, 0.15) is 34.8 Å². The number of amides is 1. The van der Waals surface area contributed by atoms with Gasteiger partial charge in [-0.05, 0) is 53.9 Å². The van der Waals surface area contributed by atoms with E-state index in [1.165, 1.54) is 17.4 Å². The van der Waals surface area contributed by atoms with Crippen molar-refractivity contribution in [1.82, 2.24) is 10.3 Å².